The zero-order valence-corrected chi connectivity index (χ0v) is 12.9. The number of aryl methyl sites for hydroxylation is 2. The minimum absolute atomic E-state index is 0.487. The Morgan fingerprint density at radius 1 is 1.25 bits per heavy atom. The molecule has 1 N–H and O–H groups in total. The van der Waals surface area contributed by atoms with Crippen LogP contribution in [0.3, 0.4) is 0 Å². The number of aromatic nitrogens is 2. The molecule has 0 aliphatic rings. The van der Waals surface area contributed by atoms with Crippen LogP contribution in [-0.2, 0) is 19.9 Å². The highest BCUT2D eigenvalue weighted by molar-refractivity contribution is 6.30. The second-order valence-electron chi connectivity index (χ2n) is 5.15. The third-order valence-corrected chi connectivity index (χ3v) is 3.68. The van der Waals surface area contributed by atoms with E-state index in [0.717, 1.165) is 30.8 Å². The lowest BCUT2D eigenvalue weighted by atomic mass is 10.00. The second kappa shape index (κ2) is 7.46. The average Bonchev–Trinajstić information content (AvgIpc) is 2.85. The molecule has 0 saturated heterocycles. The highest BCUT2D eigenvalue weighted by Gasteiger charge is 2.09. The molecule has 0 saturated carbocycles. The number of hydrogen-bond acceptors (Lipinski definition) is 2. The topological polar surface area (TPSA) is 29.9 Å². The predicted octanol–water partition coefficient (Wildman–Crippen LogP) is 3.23. The maximum Gasteiger partial charge on any atom is 0.0521 e. The van der Waals surface area contributed by atoms with Crippen LogP contribution >= 0.6 is 11.6 Å². The van der Waals surface area contributed by atoms with Crippen molar-refractivity contribution in [2.45, 2.75) is 32.2 Å². The summed E-state index contributed by atoms with van der Waals surface area (Å²) in [6, 6.07) is 8.62. The highest BCUT2D eigenvalue weighted by atomic mass is 35.5. The molecule has 0 radical (unpaired) electrons. The van der Waals surface area contributed by atoms with Crippen LogP contribution in [0.2, 0.25) is 5.02 Å². The molecule has 4 heteroatoms. The maximum atomic E-state index is 5.93. The number of hydrogen-bond donors (Lipinski definition) is 1. The number of nitrogens with zero attached hydrogens (tertiary/aromatic N) is 2. The largest absolute Gasteiger partial charge is 0.314 e. The van der Waals surface area contributed by atoms with Crippen LogP contribution in [0.4, 0.5) is 0 Å². The van der Waals surface area contributed by atoms with E-state index in [9.17, 15) is 0 Å². The molecule has 1 atom stereocenters. The van der Waals surface area contributed by atoms with E-state index in [1.54, 1.807) is 0 Å². The van der Waals surface area contributed by atoms with E-state index in [2.05, 4.69) is 35.7 Å². The molecule has 0 fully saturated rings. The van der Waals surface area contributed by atoms with Crippen molar-refractivity contribution in [2.24, 2.45) is 7.05 Å². The van der Waals surface area contributed by atoms with Gasteiger partial charge in [0.05, 0.1) is 6.20 Å². The summed E-state index contributed by atoms with van der Waals surface area (Å²) in [4.78, 5) is 0. The fourth-order valence-electron chi connectivity index (χ4n) is 2.41. The van der Waals surface area contributed by atoms with Gasteiger partial charge in [-0.15, -0.1) is 0 Å². The Bertz CT molecular complexity index is 519. The summed E-state index contributed by atoms with van der Waals surface area (Å²) in [5.74, 6) is 0. The van der Waals surface area contributed by atoms with Gasteiger partial charge in [0.1, 0.15) is 0 Å². The third-order valence-electron chi connectivity index (χ3n) is 3.43. The summed E-state index contributed by atoms with van der Waals surface area (Å²) < 4.78 is 1.86. The van der Waals surface area contributed by atoms with Crippen LogP contribution in [0.5, 0.6) is 0 Å². The first-order valence-electron chi connectivity index (χ1n) is 7.12. The molecule has 3 nitrogen and oxygen atoms in total. The molecule has 0 aliphatic carbocycles. The van der Waals surface area contributed by atoms with E-state index in [1.165, 1.54) is 11.1 Å². The average molecular weight is 292 g/mol. The molecule has 1 aromatic carbocycles. The van der Waals surface area contributed by atoms with E-state index < -0.39 is 0 Å². The number of likely N-dealkylation sites (N-methyl/N-ethyl adjacent to an activating group) is 1. The van der Waals surface area contributed by atoms with E-state index in [1.807, 2.05) is 30.1 Å². The van der Waals surface area contributed by atoms with Crippen molar-refractivity contribution < 1.29 is 0 Å². The van der Waals surface area contributed by atoms with Gasteiger partial charge in [-0.3, -0.25) is 4.68 Å². The molecular weight excluding hydrogens is 270 g/mol. The highest BCUT2D eigenvalue weighted by Crippen LogP contribution is 2.13. The predicted molar refractivity (Wildman–Crippen MR) is 84.1 cm³/mol. The molecule has 108 valence electrons. The summed E-state index contributed by atoms with van der Waals surface area (Å²) in [6.45, 7) is 3.14. The monoisotopic (exact) mass is 291 g/mol. The maximum absolute atomic E-state index is 5.93. The van der Waals surface area contributed by atoms with Crippen LogP contribution in [0.15, 0.2) is 36.7 Å². The molecule has 0 amide bonds. The molecule has 2 aromatic rings. The SMILES string of the molecule is CCNC(CCc1cnn(C)c1)Cc1ccc(Cl)cc1. The van der Waals surface area contributed by atoms with E-state index in [4.69, 9.17) is 11.6 Å². The zero-order chi connectivity index (χ0) is 14.4. The molecule has 1 unspecified atom stereocenters. The zero-order valence-electron chi connectivity index (χ0n) is 12.1. The number of halogens is 1. The van der Waals surface area contributed by atoms with E-state index in [0.29, 0.717) is 6.04 Å². The van der Waals surface area contributed by atoms with Gasteiger partial charge in [0.15, 0.2) is 0 Å². The summed E-state index contributed by atoms with van der Waals surface area (Å²) in [6.07, 6.45) is 7.24. The minimum Gasteiger partial charge on any atom is -0.314 e. The lowest BCUT2D eigenvalue weighted by molar-refractivity contribution is 0.491. The summed E-state index contributed by atoms with van der Waals surface area (Å²) in [7, 11) is 1.96. The fourth-order valence-corrected chi connectivity index (χ4v) is 2.54. The first-order chi connectivity index (χ1) is 9.67. The molecule has 20 heavy (non-hydrogen) atoms. The van der Waals surface area contributed by atoms with Gasteiger partial charge in [0.2, 0.25) is 0 Å². The van der Waals surface area contributed by atoms with Gasteiger partial charge in [-0.05, 0) is 49.1 Å². The van der Waals surface area contributed by atoms with Crippen LogP contribution in [0, 0.1) is 0 Å². The van der Waals surface area contributed by atoms with E-state index in [-0.39, 0.29) is 0 Å². The first kappa shape index (κ1) is 15.1. The van der Waals surface area contributed by atoms with Gasteiger partial charge >= 0.3 is 0 Å². The quantitative estimate of drug-likeness (QED) is 0.849. The van der Waals surface area contributed by atoms with Gasteiger partial charge in [0, 0.05) is 24.3 Å². The smallest absolute Gasteiger partial charge is 0.0521 e. The van der Waals surface area contributed by atoms with Crippen molar-refractivity contribution in [3.8, 4) is 0 Å². The van der Waals surface area contributed by atoms with Crippen molar-refractivity contribution >= 4 is 11.6 Å². The first-order valence-corrected chi connectivity index (χ1v) is 7.50. The van der Waals surface area contributed by atoms with Gasteiger partial charge < -0.3 is 5.32 Å². The molecule has 1 aromatic heterocycles. The Morgan fingerprint density at radius 2 is 2.00 bits per heavy atom. The molecule has 0 spiro atoms. The Morgan fingerprint density at radius 3 is 2.60 bits per heavy atom. The number of benzene rings is 1. The van der Waals surface area contributed by atoms with Gasteiger partial charge in [0.25, 0.3) is 0 Å². The van der Waals surface area contributed by atoms with Gasteiger partial charge in [-0.25, -0.2) is 0 Å². The van der Waals surface area contributed by atoms with E-state index >= 15 is 0 Å². The van der Waals surface area contributed by atoms with Crippen molar-refractivity contribution in [1.29, 1.82) is 0 Å². The third kappa shape index (κ3) is 4.66. The summed E-state index contributed by atoms with van der Waals surface area (Å²) in [5, 5.41) is 8.57. The van der Waals surface area contributed by atoms with Gasteiger partial charge in [-0.1, -0.05) is 30.7 Å². The number of rotatable bonds is 7. The Hall–Kier alpha value is -1.32. The Balaban J connectivity index is 1.91. The van der Waals surface area contributed by atoms with Crippen molar-refractivity contribution in [2.75, 3.05) is 6.54 Å². The summed E-state index contributed by atoms with van der Waals surface area (Å²) >= 11 is 5.93. The molecule has 0 aliphatic heterocycles. The standard InChI is InChI=1S/C16H22ClN3/c1-3-18-16(9-6-14-11-19-20(2)12-14)10-13-4-7-15(17)8-5-13/h4-5,7-8,11-12,16,18H,3,6,9-10H2,1-2H3. The van der Waals surface area contributed by atoms with Crippen molar-refractivity contribution in [3.05, 3.63) is 52.8 Å². The lowest BCUT2D eigenvalue weighted by Crippen LogP contribution is -2.31. The molecule has 2 rings (SSSR count). The van der Waals surface area contributed by atoms with Crippen LogP contribution in [-0.4, -0.2) is 22.4 Å². The molecular formula is C16H22ClN3. The van der Waals surface area contributed by atoms with Crippen LogP contribution in [0.25, 0.3) is 0 Å². The Labute approximate surface area is 126 Å². The lowest BCUT2D eigenvalue weighted by Gasteiger charge is -2.17. The van der Waals surface area contributed by atoms with Crippen LogP contribution < -0.4 is 5.32 Å². The van der Waals surface area contributed by atoms with Gasteiger partial charge in [-0.2, -0.15) is 5.10 Å². The minimum atomic E-state index is 0.487. The number of nitrogens with one attached hydrogen (secondary N) is 1. The van der Waals surface area contributed by atoms with Crippen LogP contribution in [0.1, 0.15) is 24.5 Å². The molecule has 1 heterocycles. The fraction of sp³-hybridized carbons (Fsp3) is 0.438. The normalized spacial score (nSPS) is 12.6. The van der Waals surface area contributed by atoms with Crippen molar-refractivity contribution in [3.63, 3.8) is 0 Å². The molecule has 0 bridgehead atoms. The second-order valence-corrected chi connectivity index (χ2v) is 5.58. The summed E-state index contributed by atoms with van der Waals surface area (Å²) in [5.41, 5.74) is 2.62. The van der Waals surface area contributed by atoms with Crippen molar-refractivity contribution in [1.82, 2.24) is 15.1 Å². The Kier molecular flexibility index (Phi) is 5.62.